The minimum atomic E-state index is -1.57. The summed E-state index contributed by atoms with van der Waals surface area (Å²) in [5.41, 5.74) is 4.59. The predicted octanol–water partition coefficient (Wildman–Crippen LogP) is 3.76. The van der Waals surface area contributed by atoms with E-state index < -0.39 is 22.5 Å². The van der Waals surface area contributed by atoms with Gasteiger partial charge in [0.25, 0.3) is 0 Å². The van der Waals surface area contributed by atoms with Crippen LogP contribution in [-0.2, 0) is 4.43 Å². The van der Waals surface area contributed by atoms with Crippen LogP contribution in [0.4, 0.5) is 0 Å². The molecule has 0 N–H and O–H groups in total. The lowest BCUT2D eigenvalue weighted by atomic mass is 10.2. The van der Waals surface area contributed by atoms with Gasteiger partial charge in [0.2, 0.25) is 0 Å². The van der Waals surface area contributed by atoms with Crippen LogP contribution in [-0.4, -0.2) is 28.1 Å². The van der Waals surface area contributed by atoms with E-state index in [-0.39, 0.29) is 5.60 Å². The van der Waals surface area contributed by atoms with Crippen molar-refractivity contribution in [2.75, 3.05) is 0 Å². The molecule has 4 heteroatoms. The van der Waals surface area contributed by atoms with Crippen molar-refractivity contribution in [1.29, 1.82) is 0 Å². The van der Waals surface area contributed by atoms with Crippen molar-refractivity contribution in [2.24, 2.45) is 0 Å². The third-order valence-electron chi connectivity index (χ3n) is 4.65. The maximum atomic E-state index is 6.48. The second-order valence-electron chi connectivity index (χ2n) is 6.62. The molecule has 1 nitrogen and oxygen atoms in total. The summed E-state index contributed by atoms with van der Waals surface area (Å²) in [6, 6.07) is 1.17. The van der Waals surface area contributed by atoms with Crippen LogP contribution in [0.1, 0.15) is 13.8 Å². The molecule has 1 aliphatic heterocycles. The van der Waals surface area contributed by atoms with Gasteiger partial charge < -0.3 is 4.43 Å². The first-order valence-electron chi connectivity index (χ1n) is 6.01. The van der Waals surface area contributed by atoms with E-state index in [1.807, 2.05) is 0 Å². The molecule has 1 heterocycles. The molecule has 1 fully saturated rings. The number of rotatable bonds is 2. The van der Waals surface area contributed by atoms with Crippen LogP contribution in [0.3, 0.4) is 0 Å². The molecule has 0 unspecified atom stereocenters. The lowest BCUT2D eigenvalue weighted by Gasteiger charge is -2.58. The van der Waals surface area contributed by atoms with E-state index >= 15 is 0 Å². The van der Waals surface area contributed by atoms with Crippen molar-refractivity contribution in [3.63, 3.8) is 0 Å². The highest BCUT2D eigenvalue weighted by Gasteiger charge is 2.62. The molecule has 92 valence electrons. The van der Waals surface area contributed by atoms with Crippen LogP contribution in [0.5, 0.6) is 0 Å². The van der Waals surface area contributed by atoms with Gasteiger partial charge in [0.1, 0.15) is 0 Å². The zero-order valence-electron chi connectivity index (χ0n) is 11.7. The highest BCUT2D eigenvalue weighted by Crippen LogP contribution is 2.44. The third-order valence-corrected chi connectivity index (χ3v) is 41.6. The molecule has 0 aromatic carbocycles. The molecular formula is C12H26OSi3. The maximum Gasteiger partial charge on any atom is 0.172 e. The summed E-state index contributed by atoms with van der Waals surface area (Å²) >= 11 is 0. The molecule has 0 aliphatic carbocycles. The Morgan fingerprint density at radius 1 is 1.06 bits per heavy atom. The van der Waals surface area contributed by atoms with Gasteiger partial charge in [-0.15, -0.1) is 13.2 Å². The minimum absolute atomic E-state index is 0.0207. The quantitative estimate of drug-likeness (QED) is 0.694. The van der Waals surface area contributed by atoms with Crippen LogP contribution in [0.2, 0.25) is 32.2 Å². The highest BCUT2D eigenvalue weighted by atomic mass is 29.6. The monoisotopic (exact) mass is 270 g/mol. The summed E-state index contributed by atoms with van der Waals surface area (Å²) < 4.78 is 6.48. The SMILES string of the molecule is C=C[Si]1(C=C)CC(C)(C)O[Si](C)(C)[Si]1(C)C. The Bertz CT molecular complexity index is 310. The van der Waals surface area contributed by atoms with Crippen molar-refractivity contribution in [2.45, 2.75) is 51.7 Å². The van der Waals surface area contributed by atoms with Crippen molar-refractivity contribution in [3.05, 3.63) is 24.6 Å². The van der Waals surface area contributed by atoms with E-state index in [1.54, 1.807) is 0 Å². The average molecular weight is 271 g/mol. The van der Waals surface area contributed by atoms with E-state index in [1.165, 1.54) is 6.04 Å². The Labute approximate surface area is 103 Å². The van der Waals surface area contributed by atoms with Gasteiger partial charge >= 0.3 is 0 Å². The van der Waals surface area contributed by atoms with Crippen LogP contribution >= 0.6 is 0 Å². The summed E-state index contributed by atoms with van der Waals surface area (Å²) in [6.07, 6.45) is 0. The van der Waals surface area contributed by atoms with Crippen LogP contribution in [0, 0.1) is 0 Å². The van der Waals surface area contributed by atoms with Crippen molar-refractivity contribution >= 4 is 22.5 Å². The zero-order chi connectivity index (χ0) is 12.8. The normalized spacial score (nSPS) is 29.4. The third kappa shape index (κ3) is 1.85. The summed E-state index contributed by atoms with van der Waals surface area (Å²) in [6.45, 7) is 22.6. The summed E-state index contributed by atoms with van der Waals surface area (Å²) in [5, 5.41) is 0. The fourth-order valence-electron chi connectivity index (χ4n) is 3.08. The van der Waals surface area contributed by atoms with Crippen LogP contribution in [0.15, 0.2) is 24.6 Å². The Morgan fingerprint density at radius 2 is 1.50 bits per heavy atom. The van der Waals surface area contributed by atoms with E-state index in [9.17, 15) is 0 Å². The molecule has 16 heavy (non-hydrogen) atoms. The fourth-order valence-corrected chi connectivity index (χ4v) is 33.3. The van der Waals surface area contributed by atoms with Crippen molar-refractivity contribution in [3.8, 4) is 0 Å². The molecule has 0 bridgehead atoms. The van der Waals surface area contributed by atoms with Gasteiger partial charge in [-0.3, -0.25) is 0 Å². The first-order valence-corrected chi connectivity index (χ1v) is 16.3. The molecule has 1 rings (SSSR count). The van der Waals surface area contributed by atoms with E-state index in [0.717, 1.165) is 0 Å². The summed E-state index contributed by atoms with van der Waals surface area (Å²) in [7, 11) is -4.47. The largest absolute Gasteiger partial charge is 0.416 e. The van der Waals surface area contributed by atoms with Gasteiger partial charge in [-0.25, -0.2) is 0 Å². The van der Waals surface area contributed by atoms with Gasteiger partial charge in [0, 0.05) is 5.60 Å². The molecule has 1 saturated heterocycles. The van der Waals surface area contributed by atoms with Crippen molar-refractivity contribution in [1.82, 2.24) is 0 Å². The van der Waals surface area contributed by atoms with E-state index in [2.05, 4.69) is 64.6 Å². The van der Waals surface area contributed by atoms with Gasteiger partial charge in [-0.2, -0.15) is 0 Å². The first-order chi connectivity index (χ1) is 7.04. The average Bonchev–Trinajstić information content (AvgIpc) is 2.10. The number of hydrogen-bond acceptors (Lipinski definition) is 1. The highest BCUT2D eigenvalue weighted by molar-refractivity contribution is 7.70. The Kier molecular flexibility index (Phi) is 3.36. The summed E-state index contributed by atoms with van der Waals surface area (Å²) in [5.74, 6) is 0. The molecule has 0 amide bonds. The van der Waals surface area contributed by atoms with Gasteiger partial charge in [0.15, 0.2) is 7.83 Å². The van der Waals surface area contributed by atoms with Crippen LogP contribution < -0.4 is 0 Å². The molecule has 0 spiro atoms. The van der Waals surface area contributed by atoms with E-state index in [4.69, 9.17) is 4.43 Å². The van der Waals surface area contributed by atoms with Crippen LogP contribution in [0.25, 0.3) is 0 Å². The number of hydrogen-bond donors (Lipinski definition) is 0. The maximum absolute atomic E-state index is 6.48. The minimum Gasteiger partial charge on any atom is -0.416 e. The molecule has 0 aromatic rings. The van der Waals surface area contributed by atoms with E-state index in [0.29, 0.717) is 0 Å². The molecular weight excluding hydrogens is 244 g/mol. The summed E-state index contributed by atoms with van der Waals surface area (Å²) in [4.78, 5) is 0. The molecule has 1 aliphatic rings. The fraction of sp³-hybridized carbons (Fsp3) is 0.667. The second kappa shape index (κ2) is 3.80. The lowest BCUT2D eigenvalue weighted by Crippen LogP contribution is -2.78. The smallest absolute Gasteiger partial charge is 0.172 e. The Balaban J connectivity index is 3.36. The Morgan fingerprint density at radius 3 is 1.88 bits per heavy atom. The molecule has 0 atom stereocenters. The first kappa shape index (κ1) is 14.2. The molecule has 0 saturated carbocycles. The predicted molar refractivity (Wildman–Crippen MR) is 81.1 cm³/mol. The van der Waals surface area contributed by atoms with Gasteiger partial charge in [-0.1, -0.05) is 24.5 Å². The zero-order valence-corrected chi connectivity index (χ0v) is 14.7. The standard InChI is InChI=1S/C12H26OSi3/c1-9-16(10-2)11-12(3,4)13-14(5,6)15(16,7)8/h9-10H,1-2,11H2,3-8H3. The second-order valence-corrected chi connectivity index (χ2v) is 31.8. The topological polar surface area (TPSA) is 9.23 Å². The van der Waals surface area contributed by atoms with Gasteiger partial charge in [-0.05, 0) is 33.0 Å². The lowest BCUT2D eigenvalue weighted by molar-refractivity contribution is 0.123. The van der Waals surface area contributed by atoms with Crippen molar-refractivity contribution < 1.29 is 4.43 Å². The molecule has 0 aromatic heterocycles. The van der Waals surface area contributed by atoms with Gasteiger partial charge in [0.05, 0.1) is 14.7 Å². The molecule has 0 radical (unpaired) electrons. The Hall–Kier alpha value is 0.0906.